The van der Waals surface area contributed by atoms with Crippen molar-refractivity contribution in [3.8, 4) is 11.3 Å². The topological polar surface area (TPSA) is 57.4 Å². The van der Waals surface area contributed by atoms with E-state index in [1.807, 2.05) is 25.3 Å². The molecule has 0 unspecified atom stereocenters. The third kappa shape index (κ3) is 2.37. The summed E-state index contributed by atoms with van der Waals surface area (Å²) in [5.74, 6) is 0. The molecule has 0 atom stereocenters. The molecule has 138 valence electrons. The van der Waals surface area contributed by atoms with E-state index in [1.165, 1.54) is 6.20 Å². The summed E-state index contributed by atoms with van der Waals surface area (Å²) in [7, 11) is 0. The Morgan fingerprint density at radius 1 is 1.00 bits per heavy atom. The average Bonchev–Trinajstić information content (AvgIpc) is 3.28. The maximum Gasteiger partial charge on any atom is 0.433 e. The fourth-order valence-electron chi connectivity index (χ4n) is 4.34. The largest absolute Gasteiger partial charge is 0.433 e. The molecule has 0 amide bonds. The van der Waals surface area contributed by atoms with Gasteiger partial charge in [-0.25, -0.2) is 0 Å². The number of aromatic amines is 2. The first-order valence-electron chi connectivity index (χ1n) is 8.98. The summed E-state index contributed by atoms with van der Waals surface area (Å²) in [6, 6.07) is 3.83. The molecule has 0 saturated heterocycles. The van der Waals surface area contributed by atoms with Gasteiger partial charge in [-0.2, -0.15) is 18.3 Å². The van der Waals surface area contributed by atoms with Gasteiger partial charge in [-0.3, -0.25) is 10.1 Å². The fourth-order valence-corrected chi connectivity index (χ4v) is 4.34. The molecule has 0 saturated carbocycles. The van der Waals surface area contributed by atoms with Crippen LogP contribution >= 0.6 is 0 Å². The molecule has 0 fully saturated rings. The molecule has 3 heterocycles. The summed E-state index contributed by atoms with van der Waals surface area (Å²) in [4.78, 5) is 7.75. The number of H-pyrrole nitrogens is 2. The number of aryl methyl sites for hydroxylation is 2. The van der Waals surface area contributed by atoms with Crippen LogP contribution in [0.25, 0.3) is 33.1 Å². The van der Waals surface area contributed by atoms with E-state index < -0.39 is 11.9 Å². The van der Waals surface area contributed by atoms with Crippen LogP contribution in [0.1, 0.15) is 35.2 Å². The normalized spacial score (nSPS) is 14.8. The summed E-state index contributed by atoms with van der Waals surface area (Å²) < 4.78 is 40.3. The van der Waals surface area contributed by atoms with Gasteiger partial charge in [-0.15, -0.1) is 0 Å². The molecule has 4 aromatic rings. The smallest absolute Gasteiger partial charge is 0.354 e. The molecular weight excluding hydrogens is 353 g/mol. The van der Waals surface area contributed by atoms with Gasteiger partial charge < -0.3 is 4.98 Å². The lowest BCUT2D eigenvalue weighted by Gasteiger charge is -2.23. The lowest BCUT2D eigenvalue weighted by atomic mass is 9.85. The number of rotatable bonds is 1. The second kappa shape index (κ2) is 5.58. The van der Waals surface area contributed by atoms with Crippen molar-refractivity contribution in [1.29, 1.82) is 0 Å². The monoisotopic (exact) mass is 370 g/mol. The zero-order valence-corrected chi connectivity index (χ0v) is 14.7. The van der Waals surface area contributed by atoms with Crippen LogP contribution < -0.4 is 0 Å². The van der Waals surface area contributed by atoms with Gasteiger partial charge in [-0.1, -0.05) is 0 Å². The number of hydrogen-bond donors (Lipinski definition) is 2. The van der Waals surface area contributed by atoms with E-state index in [1.54, 1.807) is 0 Å². The van der Waals surface area contributed by atoms with Gasteiger partial charge in [0.2, 0.25) is 0 Å². The van der Waals surface area contributed by atoms with Crippen LogP contribution in [0.5, 0.6) is 0 Å². The van der Waals surface area contributed by atoms with Gasteiger partial charge in [0, 0.05) is 28.0 Å². The standard InChI is InChI=1S/C20H17F3N4/c1-10-8-24-14-6-7-15-17(16(10)14)11-4-2-3-5-12(11)18(26-15)13-9-25-27-19(13)20(21,22)23/h6-9,26H,2-5H2,1H3,(H,25,27). The molecule has 2 N–H and O–H groups in total. The summed E-state index contributed by atoms with van der Waals surface area (Å²) in [6.07, 6.45) is 2.25. The second-order valence-electron chi connectivity index (χ2n) is 7.14. The summed E-state index contributed by atoms with van der Waals surface area (Å²) in [5, 5.41) is 7.99. The Bertz CT molecular complexity index is 1180. The first-order chi connectivity index (χ1) is 12.9. The SMILES string of the molecule is Cc1cnc2ccc3[nH]c(-c4cn[nH]c4C(F)(F)F)c4c(c3c12)CCCC4. The van der Waals surface area contributed by atoms with Gasteiger partial charge in [0.1, 0.15) is 5.69 Å². The van der Waals surface area contributed by atoms with E-state index in [2.05, 4.69) is 20.2 Å². The molecule has 1 aliphatic rings. The number of nitrogens with zero attached hydrogens (tertiary/aromatic N) is 2. The minimum atomic E-state index is -4.48. The maximum atomic E-state index is 13.4. The van der Waals surface area contributed by atoms with Crippen molar-refractivity contribution in [2.24, 2.45) is 0 Å². The number of nitrogens with one attached hydrogen (secondary N) is 2. The third-order valence-corrected chi connectivity index (χ3v) is 5.50. The Morgan fingerprint density at radius 2 is 1.78 bits per heavy atom. The molecule has 3 aromatic heterocycles. The zero-order chi connectivity index (χ0) is 18.8. The van der Waals surface area contributed by atoms with Crippen molar-refractivity contribution < 1.29 is 13.2 Å². The Labute approximate surface area is 152 Å². The van der Waals surface area contributed by atoms with Crippen LogP contribution in [-0.2, 0) is 19.0 Å². The molecule has 1 aromatic carbocycles. The molecule has 0 radical (unpaired) electrons. The summed E-state index contributed by atoms with van der Waals surface area (Å²) >= 11 is 0. The van der Waals surface area contributed by atoms with Crippen molar-refractivity contribution in [1.82, 2.24) is 20.2 Å². The van der Waals surface area contributed by atoms with Crippen LogP contribution in [-0.4, -0.2) is 20.2 Å². The van der Waals surface area contributed by atoms with Crippen LogP contribution in [0.2, 0.25) is 0 Å². The minimum Gasteiger partial charge on any atom is -0.354 e. The molecule has 5 rings (SSSR count). The van der Waals surface area contributed by atoms with E-state index in [-0.39, 0.29) is 5.56 Å². The quantitative estimate of drug-likeness (QED) is 0.477. The number of benzene rings is 1. The number of pyridine rings is 1. The fraction of sp³-hybridized carbons (Fsp3) is 0.300. The van der Waals surface area contributed by atoms with Crippen LogP contribution in [0.15, 0.2) is 24.5 Å². The molecular formula is C20H17F3N4. The van der Waals surface area contributed by atoms with Crippen molar-refractivity contribution in [2.45, 2.75) is 38.8 Å². The predicted octanol–water partition coefficient (Wildman–Crippen LogP) is 5.31. The van der Waals surface area contributed by atoms with Crippen LogP contribution in [0.4, 0.5) is 13.2 Å². The number of fused-ring (bicyclic) bond motifs is 5. The van der Waals surface area contributed by atoms with Crippen molar-refractivity contribution in [3.63, 3.8) is 0 Å². The third-order valence-electron chi connectivity index (χ3n) is 5.50. The van der Waals surface area contributed by atoms with Crippen molar-refractivity contribution in [3.05, 3.63) is 46.9 Å². The van der Waals surface area contributed by atoms with Crippen LogP contribution in [0.3, 0.4) is 0 Å². The first kappa shape index (κ1) is 16.4. The maximum absolute atomic E-state index is 13.4. The first-order valence-corrected chi connectivity index (χ1v) is 8.98. The second-order valence-corrected chi connectivity index (χ2v) is 7.14. The highest BCUT2D eigenvalue weighted by molar-refractivity contribution is 6.09. The molecule has 27 heavy (non-hydrogen) atoms. The van der Waals surface area contributed by atoms with Gasteiger partial charge in [0.05, 0.1) is 17.4 Å². The van der Waals surface area contributed by atoms with Gasteiger partial charge in [0.25, 0.3) is 0 Å². The average molecular weight is 370 g/mol. The zero-order valence-electron chi connectivity index (χ0n) is 14.7. The number of aromatic nitrogens is 4. The van der Waals surface area contributed by atoms with Crippen molar-refractivity contribution in [2.75, 3.05) is 0 Å². The minimum absolute atomic E-state index is 0.0833. The van der Waals surface area contributed by atoms with E-state index in [9.17, 15) is 13.2 Å². The molecule has 0 spiro atoms. The highest BCUT2D eigenvalue weighted by Crippen LogP contribution is 2.42. The molecule has 1 aliphatic carbocycles. The molecule has 0 bridgehead atoms. The Balaban J connectivity index is 1.89. The summed E-state index contributed by atoms with van der Waals surface area (Å²) in [6.45, 7) is 2.02. The van der Waals surface area contributed by atoms with Gasteiger partial charge >= 0.3 is 6.18 Å². The van der Waals surface area contributed by atoms with E-state index in [0.717, 1.165) is 64.2 Å². The van der Waals surface area contributed by atoms with E-state index in [4.69, 9.17) is 0 Å². The molecule has 7 heteroatoms. The lowest BCUT2D eigenvalue weighted by Crippen LogP contribution is -2.11. The van der Waals surface area contributed by atoms with Gasteiger partial charge in [0.15, 0.2) is 0 Å². The Hall–Kier alpha value is -2.83. The Kier molecular flexibility index (Phi) is 3.38. The molecule has 4 nitrogen and oxygen atoms in total. The number of hydrogen-bond acceptors (Lipinski definition) is 2. The lowest BCUT2D eigenvalue weighted by molar-refractivity contribution is -0.140. The highest BCUT2D eigenvalue weighted by Gasteiger charge is 2.37. The predicted molar refractivity (Wildman–Crippen MR) is 97.6 cm³/mol. The number of alkyl halides is 3. The van der Waals surface area contributed by atoms with Gasteiger partial charge in [-0.05, 0) is 61.4 Å². The Morgan fingerprint density at radius 3 is 2.56 bits per heavy atom. The summed E-state index contributed by atoms with van der Waals surface area (Å²) in [5.41, 5.74) is 4.75. The molecule has 0 aliphatic heterocycles. The number of halogens is 3. The van der Waals surface area contributed by atoms with Crippen LogP contribution in [0, 0.1) is 6.92 Å². The van der Waals surface area contributed by atoms with E-state index >= 15 is 0 Å². The van der Waals surface area contributed by atoms with Crippen molar-refractivity contribution >= 4 is 21.8 Å². The van der Waals surface area contributed by atoms with E-state index in [0.29, 0.717) is 5.69 Å². The highest BCUT2D eigenvalue weighted by atomic mass is 19.4.